The Morgan fingerprint density at radius 3 is 2.93 bits per heavy atom. The van der Waals surface area contributed by atoms with Crippen molar-refractivity contribution >= 4 is 5.97 Å². The van der Waals surface area contributed by atoms with Crippen molar-refractivity contribution in [2.45, 2.75) is 24.9 Å². The van der Waals surface area contributed by atoms with Crippen molar-refractivity contribution in [1.29, 1.82) is 0 Å². The van der Waals surface area contributed by atoms with Gasteiger partial charge in [0.15, 0.2) is 0 Å². The highest BCUT2D eigenvalue weighted by Gasteiger charge is 2.30. The Hall–Kier alpha value is -1.49. The van der Waals surface area contributed by atoms with Crippen LogP contribution in [0, 0.1) is 0 Å². The first-order valence-electron chi connectivity index (χ1n) is 4.52. The first-order chi connectivity index (χ1) is 6.77. The summed E-state index contributed by atoms with van der Waals surface area (Å²) in [4.78, 5) is 18.8. The first-order valence-corrected chi connectivity index (χ1v) is 4.52. The van der Waals surface area contributed by atoms with E-state index in [-0.39, 0.29) is 6.04 Å². The summed E-state index contributed by atoms with van der Waals surface area (Å²) < 4.78 is 0. The van der Waals surface area contributed by atoms with Gasteiger partial charge in [-0.25, -0.2) is 0 Å². The van der Waals surface area contributed by atoms with Crippen molar-refractivity contribution in [2.24, 2.45) is 0 Å². The van der Waals surface area contributed by atoms with Gasteiger partial charge in [-0.2, -0.15) is 0 Å². The first kappa shape index (κ1) is 9.08. The molecule has 2 atom stereocenters. The number of carbonyl (C=O) groups is 1. The second kappa shape index (κ2) is 3.71. The van der Waals surface area contributed by atoms with Crippen molar-refractivity contribution in [3.8, 4) is 0 Å². The lowest BCUT2D eigenvalue weighted by molar-refractivity contribution is -0.139. The Balaban J connectivity index is 2.06. The Morgan fingerprint density at radius 2 is 2.36 bits per heavy atom. The van der Waals surface area contributed by atoms with Gasteiger partial charge in [-0.15, -0.1) is 0 Å². The number of carboxylic acid groups (broad SMARTS) is 1. The molecule has 1 aliphatic rings. The maximum atomic E-state index is 10.7. The zero-order valence-corrected chi connectivity index (χ0v) is 7.55. The molecule has 1 aliphatic heterocycles. The minimum absolute atomic E-state index is 0.0322. The number of aliphatic carboxylic acids is 1. The summed E-state index contributed by atoms with van der Waals surface area (Å²) in [6.07, 6.45) is 6.34. The van der Waals surface area contributed by atoms with Gasteiger partial charge >= 0.3 is 5.97 Å². The fourth-order valence-corrected chi connectivity index (χ4v) is 1.66. The molecule has 0 saturated carbocycles. The van der Waals surface area contributed by atoms with Crippen LogP contribution in [0.3, 0.4) is 0 Å². The van der Waals surface area contributed by atoms with Crippen LogP contribution in [0.1, 0.15) is 24.6 Å². The minimum Gasteiger partial charge on any atom is -0.480 e. The molecule has 5 heteroatoms. The smallest absolute Gasteiger partial charge is 0.320 e. The third-order valence-electron chi connectivity index (χ3n) is 2.38. The van der Waals surface area contributed by atoms with Crippen LogP contribution in [0.4, 0.5) is 0 Å². The molecule has 1 aromatic rings. The van der Waals surface area contributed by atoms with Crippen LogP contribution in [0.5, 0.6) is 0 Å². The Bertz CT molecular complexity index is 328. The van der Waals surface area contributed by atoms with E-state index < -0.39 is 12.0 Å². The summed E-state index contributed by atoms with van der Waals surface area (Å²) in [5.74, 6) is -0.795. The van der Waals surface area contributed by atoms with Crippen LogP contribution in [0.25, 0.3) is 0 Å². The third kappa shape index (κ3) is 1.72. The van der Waals surface area contributed by atoms with Crippen LogP contribution in [-0.4, -0.2) is 27.1 Å². The van der Waals surface area contributed by atoms with Crippen molar-refractivity contribution in [3.63, 3.8) is 0 Å². The van der Waals surface area contributed by atoms with Crippen LogP contribution >= 0.6 is 0 Å². The van der Waals surface area contributed by atoms with E-state index >= 15 is 0 Å². The van der Waals surface area contributed by atoms with Crippen LogP contribution in [-0.2, 0) is 4.79 Å². The SMILES string of the molecule is O=C(O)[C@H]1CC[C@@H](c2cnccn2)N1. The third-order valence-corrected chi connectivity index (χ3v) is 2.38. The molecule has 0 amide bonds. The molecule has 5 nitrogen and oxygen atoms in total. The van der Waals surface area contributed by atoms with Crippen molar-refractivity contribution in [1.82, 2.24) is 15.3 Å². The summed E-state index contributed by atoms with van der Waals surface area (Å²) in [5, 5.41) is 11.8. The van der Waals surface area contributed by atoms with E-state index in [2.05, 4.69) is 15.3 Å². The number of carboxylic acids is 1. The normalized spacial score (nSPS) is 26.3. The van der Waals surface area contributed by atoms with Crippen molar-refractivity contribution in [2.75, 3.05) is 0 Å². The molecular weight excluding hydrogens is 182 g/mol. The lowest BCUT2D eigenvalue weighted by Crippen LogP contribution is -2.32. The molecule has 0 bridgehead atoms. The second-order valence-electron chi connectivity index (χ2n) is 3.32. The largest absolute Gasteiger partial charge is 0.480 e. The quantitative estimate of drug-likeness (QED) is 0.709. The summed E-state index contributed by atoms with van der Waals surface area (Å²) in [7, 11) is 0. The highest BCUT2D eigenvalue weighted by molar-refractivity contribution is 5.73. The molecule has 1 saturated heterocycles. The number of hydrogen-bond acceptors (Lipinski definition) is 4. The Labute approximate surface area is 81.2 Å². The van der Waals surface area contributed by atoms with Gasteiger partial charge in [-0.1, -0.05) is 0 Å². The lowest BCUT2D eigenvalue weighted by Gasteiger charge is -2.09. The molecule has 14 heavy (non-hydrogen) atoms. The van der Waals surface area contributed by atoms with Gasteiger partial charge in [-0.3, -0.25) is 20.1 Å². The molecule has 2 rings (SSSR count). The van der Waals surface area contributed by atoms with E-state index in [1.54, 1.807) is 18.6 Å². The van der Waals surface area contributed by atoms with E-state index in [0.717, 1.165) is 12.1 Å². The summed E-state index contributed by atoms with van der Waals surface area (Å²) >= 11 is 0. The zero-order chi connectivity index (χ0) is 9.97. The molecule has 0 aromatic carbocycles. The van der Waals surface area contributed by atoms with Gasteiger partial charge in [-0.05, 0) is 12.8 Å². The van der Waals surface area contributed by atoms with E-state index in [9.17, 15) is 4.79 Å². The number of nitrogens with zero attached hydrogens (tertiary/aromatic N) is 2. The molecule has 0 aliphatic carbocycles. The van der Waals surface area contributed by atoms with Crippen LogP contribution in [0.2, 0.25) is 0 Å². The second-order valence-corrected chi connectivity index (χ2v) is 3.32. The highest BCUT2D eigenvalue weighted by atomic mass is 16.4. The molecule has 2 N–H and O–H groups in total. The predicted molar refractivity (Wildman–Crippen MR) is 48.6 cm³/mol. The number of hydrogen-bond donors (Lipinski definition) is 2. The average Bonchev–Trinajstić information content (AvgIpc) is 2.68. The van der Waals surface area contributed by atoms with E-state index in [1.165, 1.54) is 0 Å². The van der Waals surface area contributed by atoms with Gasteiger partial charge in [0.2, 0.25) is 0 Å². The molecule has 0 spiro atoms. The standard InChI is InChI=1S/C9H11N3O2/c13-9(14)7-2-1-6(12-7)8-5-10-3-4-11-8/h3-7,12H,1-2H2,(H,13,14)/t6-,7+/m0/s1. The molecule has 0 radical (unpaired) electrons. The van der Waals surface area contributed by atoms with Crippen LogP contribution in [0.15, 0.2) is 18.6 Å². The number of rotatable bonds is 2. The van der Waals surface area contributed by atoms with Gasteiger partial charge in [0.25, 0.3) is 0 Å². The lowest BCUT2D eigenvalue weighted by atomic mass is 10.1. The van der Waals surface area contributed by atoms with Crippen LogP contribution < -0.4 is 5.32 Å². The fraction of sp³-hybridized carbons (Fsp3) is 0.444. The summed E-state index contributed by atoms with van der Waals surface area (Å²) in [6, 6.07) is -0.410. The molecule has 74 valence electrons. The van der Waals surface area contributed by atoms with Crippen molar-refractivity contribution < 1.29 is 9.90 Å². The summed E-state index contributed by atoms with van der Waals surface area (Å²) in [5.41, 5.74) is 0.816. The molecule has 1 aromatic heterocycles. The number of nitrogens with one attached hydrogen (secondary N) is 1. The predicted octanol–water partition coefficient (Wildman–Crippen LogP) is 0.354. The van der Waals surface area contributed by atoms with E-state index in [4.69, 9.17) is 5.11 Å². The Morgan fingerprint density at radius 1 is 1.50 bits per heavy atom. The molecular formula is C9H11N3O2. The zero-order valence-electron chi connectivity index (χ0n) is 7.55. The van der Waals surface area contributed by atoms with Gasteiger partial charge in [0.05, 0.1) is 11.7 Å². The summed E-state index contributed by atoms with van der Waals surface area (Å²) in [6.45, 7) is 0. The van der Waals surface area contributed by atoms with E-state index in [0.29, 0.717) is 6.42 Å². The topological polar surface area (TPSA) is 75.1 Å². The van der Waals surface area contributed by atoms with Gasteiger partial charge in [0, 0.05) is 18.6 Å². The molecule has 2 heterocycles. The number of aromatic nitrogens is 2. The minimum atomic E-state index is -0.795. The Kier molecular flexibility index (Phi) is 2.41. The highest BCUT2D eigenvalue weighted by Crippen LogP contribution is 2.24. The maximum Gasteiger partial charge on any atom is 0.320 e. The monoisotopic (exact) mass is 193 g/mol. The van der Waals surface area contributed by atoms with E-state index in [1.807, 2.05) is 0 Å². The average molecular weight is 193 g/mol. The van der Waals surface area contributed by atoms with Crippen molar-refractivity contribution in [3.05, 3.63) is 24.3 Å². The molecule has 0 unspecified atom stereocenters. The maximum absolute atomic E-state index is 10.7. The van der Waals surface area contributed by atoms with Gasteiger partial charge in [0.1, 0.15) is 6.04 Å². The molecule has 1 fully saturated rings. The van der Waals surface area contributed by atoms with Gasteiger partial charge < -0.3 is 5.11 Å². The fourth-order valence-electron chi connectivity index (χ4n) is 1.66.